The van der Waals surface area contributed by atoms with E-state index < -0.39 is 7.26 Å². The molecule has 0 heterocycles. The quantitative estimate of drug-likeness (QED) is 0.373. The van der Waals surface area contributed by atoms with Crippen molar-refractivity contribution in [1.82, 2.24) is 0 Å². The summed E-state index contributed by atoms with van der Waals surface area (Å²) in [6.07, 6.45) is 5.87. The summed E-state index contributed by atoms with van der Waals surface area (Å²) in [5.41, 5.74) is 6.78. The van der Waals surface area contributed by atoms with Gasteiger partial charge in [-0.1, -0.05) is 0 Å². The van der Waals surface area contributed by atoms with Gasteiger partial charge in [-0.05, 0) is 0 Å². The van der Waals surface area contributed by atoms with Gasteiger partial charge in [0.2, 0.25) is 0 Å². The Balaban J connectivity index is 4.79. The summed E-state index contributed by atoms with van der Waals surface area (Å²) in [5.74, 6) is -0.314. The van der Waals surface area contributed by atoms with Gasteiger partial charge < -0.3 is 0 Å². The molecule has 1 unspecified atom stereocenters. The first-order chi connectivity index (χ1) is 9.92. The van der Waals surface area contributed by atoms with Gasteiger partial charge in [0.15, 0.2) is 0 Å². The molecule has 0 fully saturated rings. The Morgan fingerprint density at radius 3 is 1.95 bits per heavy atom. The SMILES string of the molecule is C=C(C)C(=O)OCC(C)(C)CC(C)(N)C[PH](CC)(CC)CC. The molecule has 0 aliphatic carbocycles. The Bertz CT molecular complexity index is 376. The summed E-state index contributed by atoms with van der Waals surface area (Å²) in [6, 6.07) is 0. The summed E-state index contributed by atoms with van der Waals surface area (Å²) in [5, 5.41) is 0. The van der Waals surface area contributed by atoms with Crippen molar-refractivity contribution in [2.75, 3.05) is 31.3 Å². The van der Waals surface area contributed by atoms with Crippen LogP contribution in [-0.2, 0) is 9.53 Å². The second-order valence-corrected chi connectivity index (χ2v) is 13.6. The molecule has 0 saturated heterocycles. The number of carbonyl (C=O) groups excluding carboxylic acids is 1. The fourth-order valence-electron chi connectivity index (χ4n) is 3.57. The first-order valence-electron chi connectivity index (χ1n) is 8.54. The van der Waals surface area contributed by atoms with Gasteiger partial charge in [0.1, 0.15) is 0 Å². The average Bonchev–Trinajstić information content (AvgIpc) is 2.41. The van der Waals surface area contributed by atoms with E-state index in [0.717, 1.165) is 12.6 Å². The summed E-state index contributed by atoms with van der Waals surface area (Å²) < 4.78 is 5.34. The minimum absolute atomic E-state index is 0.121. The van der Waals surface area contributed by atoms with Crippen LogP contribution in [-0.4, -0.2) is 42.8 Å². The molecule has 0 amide bonds. The molecule has 0 rings (SSSR count). The molecule has 2 N–H and O–H groups in total. The van der Waals surface area contributed by atoms with E-state index >= 15 is 0 Å². The van der Waals surface area contributed by atoms with Crippen LogP contribution in [0.15, 0.2) is 12.2 Å². The van der Waals surface area contributed by atoms with Crippen LogP contribution in [0.25, 0.3) is 0 Å². The molecule has 0 aliphatic heterocycles. The van der Waals surface area contributed by atoms with Crippen molar-refractivity contribution in [2.24, 2.45) is 11.1 Å². The van der Waals surface area contributed by atoms with E-state index in [1.165, 1.54) is 18.5 Å². The van der Waals surface area contributed by atoms with Gasteiger partial charge >= 0.3 is 138 Å². The number of nitrogens with two attached hydrogens (primary N) is 1. The van der Waals surface area contributed by atoms with E-state index in [9.17, 15) is 4.79 Å². The van der Waals surface area contributed by atoms with E-state index in [2.05, 4.69) is 48.1 Å². The van der Waals surface area contributed by atoms with E-state index in [-0.39, 0.29) is 16.9 Å². The van der Waals surface area contributed by atoms with Gasteiger partial charge in [-0.25, -0.2) is 0 Å². The van der Waals surface area contributed by atoms with Gasteiger partial charge in [-0.3, -0.25) is 0 Å². The molecule has 0 bridgehead atoms. The van der Waals surface area contributed by atoms with Crippen molar-refractivity contribution < 1.29 is 9.53 Å². The zero-order valence-electron chi connectivity index (χ0n) is 15.8. The van der Waals surface area contributed by atoms with E-state index in [4.69, 9.17) is 10.5 Å². The van der Waals surface area contributed by atoms with E-state index in [0.29, 0.717) is 12.2 Å². The van der Waals surface area contributed by atoms with Crippen LogP contribution in [0.4, 0.5) is 0 Å². The number of hydrogen-bond donors (Lipinski definition) is 1. The monoisotopic (exact) mass is 331 g/mol. The van der Waals surface area contributed by atoms with Crippen molar-refractivity contribution in [2.45, 2.75) is 60.4 Å². The molecule has 132 valence electrons. The molecule has 4 heteroatoms. The first-order valence-corrected chi connectivity index (χ1v) is 11.4. The Kier molecular flexibility index (Phi) is 8.30. The van der Waals surface area contributed by atoms with Crippen LogP contribution in [0.3, 0.4) is 0 Å². The fraction of sp³-hybridized carbons (Fsp3) is 0.833. The zero-order valence-corrected chi connectivity index (χ0v) is 16.8. The number of esters is 1. The molecule has 0 radical (unpaired) electrons. The van der Waals surface area contributed by atoms with Crippen molar-refractivity contribution in [3.05, 3.63) is 12.2 Å². The van der Waals surface area contributed by atoms with Gasteiger partial charge in [-0.2, -0.15) is 0 Å². The van der Waals surface area contributed by atoms with Crippen molar-refractivity contribution in [3.63, 3.8) is 0 Å². The molecule has 0 aromatic rings. The van der Waals surface area contributed by atoms with Crippen molar-refractivity contribution in [3.8, 4) is 0 Å². The van der Waals surface area contributed by atoms with Crippen LogP contribution < -0.4 is 5.73 Å². The van der Waals surface area contributed by atoms with Crippen LogP contribution >= 0.6 is 7.26 Å². The van der Waals surface area contributed by atoms with Gasteiger partial charge in [0.05, 0.1) is 0 Å². The number of carbonyl (C=O) groups is 1. The number of rotatable bonds is 10. The molecule has 0 aliphatic rings. The van der Waals surface area contributed by atoms with Crippen LogP contribution in [0.5, 0.6) is 0 Å². The second-order valence-electron chi connectivity index (χ2n) is 8.09. The third kappa shape index (κ3) is 7.24. The predicted molar refractivity (Wildman–Crippen MR) is 102 cm³/mol. The van der Waals surface area contributed by atoms with Crippen molar-refractivity contribution in [1.29, 1.82) is 0 Å². The van der Waals surface area contributed by atoms with E-state index in [1.54, 1.807) is 6.92 Å². The van der Waals surface area contributed by atoms with E-state index in [1.807, 2.05) is 0 Å². The first kappa shape index (κ1) is 21.6. The molecule has 3 nitrogen and oxygen atoms in total. The van der Waals surface area contributed by atoms with Crippen LogP contribution in [0.2, 0.25) is 0 Å². The molecule has 0 aromatic carbocycles. The molecule has 22 heavy (non-hydrogen) atoms. The summed E-state index contributed by atoms with van der Waals surface area (Å²) in [6.45, 7) is 19.0. The minimum atomic E-state index is -1.26. The van der Waals surface area contributed by atoms with Gasteiger partial charge in [-0.15, -0.1) is 0 Å². The Labute approximate surface area is 138 Å². The Hall–Kier alpha value is -0.400. The van der Waals surface area contributed by atoms with Crippen LogP contribution in [0.1, 0.15) is 54.9 Å². The summed E-state index contributed by atoms with van der Waals surface area (Å²) >= 11 is 0. The third-order valence-corrected chi connectivity index (χ3v) is 10.9. The van der Waals surface area contributed by atoms with Gasteiger partial charge in [0.25, 0.3) is 0 Å². The average molecular weight is 331 g/mol. The number of ether oxygens (including phenoxy) is 1. The normalized spacial score (nSPS) is 16.0. The standard InChI is InChI=1S/C18H38NO2P/c1-9-22(10-2,11-3)14-18(8,19)12-17(6,7)13-21-16(20)15(4)5/h22H,4,9-14,19H2,1-3,5-8H3. The molecule has 0 spiro atoms. The Morgan fingerprint density at radius 1 is 1.14 bits per heavy atom. The van der Waals surface area contributed by atoms with Gasteiger partial charge in [0, 0.05) is 0 Å². The second kappa shape index (κ2) is 8.45. The molecular weight excluding hydrogens is 293 g/mol. The molecule has 0 saturated carbocycles. The maximum atomic E-state index is 11.6. The topological polar surface area (TPSA) is 52.3 Å². The summed E-state index contributed by atoms with van der Waals surface area (Å²) in [7, 11) is -1.26. The molecule has 0 aromatic heterocycles. The fourth-order valence-corrected chi connectivity index (χ4v) is 7.66. The summed E-state index contributed by atoms with van der Waals surface area (Å²) in [4.78, 5) is 11.6. The molecule has 1 atom stereocenters. The zero-order chi connectivity index (χ0) is 17.6. The molecular formula is C18H38NO2P. The third-order valence-electron chi connectivity index (χ3n) is 4.85. The van der Waals surface area contributed by atoms with Crippen molar-refractivity contribution >= 4 is 13.2 Å². The van der Waals surface area contributed by atoms with Crippen LogP contribution in [0, 0.1) is 5.41 Å². The predicted octanol–water partition coefficient (Wildman–Crippen LogP) is 4.05. The number of hydrogen-bond acceptors (Lipinski definition) is 3. The Morgan fingerprint density at radius 2 is 1.59 bits per heavy atom. The maximum absolute atomic E-state index is 11.6.